The molecule has 0 fully saturated rings. The molecule has 0 aromatic heterocycles. The summed E-state index contributed by atoms with van der Waals surface area (Å²) in [5.41, 5.74) is 0. The highest BCUT2D eigenvalue weighted by atomic mass is 15.1. The van der Waals surface area contributed by atoms with Gasteiger partial charge >= 0.3 is 0 Å². The van der Waals surface area contributed by atoms with E-state index >= 15 is 0 Å². The number of hydrogen-bond donors (Lipinski definition) is 0. The van der Waals surface area contributed by atoms with Crippen LogP contribution in [-0.2, 0) is 0 Å². The van der Waals surface area contributed by atoms with Crippen molar-refractivity contribution < 1.29 is 0 Å². The Hall–Kier alpha value is -0.530. The summed E-state index contributed by atoms with van der Waals surface area (Å²) in [5.74, 6) is 0. The van der Waals surface area contributed by atoms with Crippen LogP contribution in [0.2, 0.25) is 0 Å². The third-order valence-electron chi connectivity index (χ3n) is 1.09. The molecule has 0 N–H and O–H groups in total. The maximum atomic E-state index is 3.88. The van der Waals surface area contributed by atoms with Crippen LogP contribution in [0.15, 0.2) is 4.99 Å². The fourth-order valence-corrected chi connectivity index (χ4v) is 0.550. The number of nitrogens with zero attached hydrogens (tertiary/aromatic N) is 2. The van der Waals surface area contributed by atoms with Crippen molar-refractivity contribution in [2.45, 2.75) is 13.8 Å². The zero-order valence-corrected chi connectivity index (χ0v) is 5.89. The van der Waals surface area contributed by atoms with E-state index in [1.54, 1.807) is 7.05 Å². The first-order chi connectivity index (χ1) is 3.85. The first-order valence-electron chi connectivity index (χ1n) is 3.01. The molecular formula is C6H14N2. The molecule has 0 aromatic rings. The second kappa shape index (κ2) is 4.62. The molecular weight excluding hydrogens is 100 g/mol. The zero-order valence-electron chi connectivity index (χ0n) is 5.89. The predicted molar refractivity (Wildman–Crippen MR) is 37.3 cm³/mol. The average Bonchev–Trinajstić information content (AvgIpc) is 1.83. The number of aliphatic imine (C=N–C) groups is 1. The van der Waals surface area contributed by atoms with Gasteiger partial charge in [-0.15, -0.1) is 0 Å². The van der Waals surface area contributed by atoms with Crippen LogP contribution in [0.3, 0.4) is 0 Å². The summed E-state index contributed by atoms with van der Waals surface area (Å²) < 4.78 is 0. The lowest BCUT2D eigenvalue weighted by Crippen LogP contribution is -2.20. The van der Waals surface area contributed by atoms with Crippen LogP contribution in [-0.4, -0.2) is 31.4 Å². The Morgan fingerprint density at radius 1 is 1.38 bits per heavy atom. The van der Waals surface area contributed by atoms with Crippen LogP contribution in [0.4, 0.5) is 0 Å². The van der Waals surface area contributed by atoms with E-state index in [9.17, 15) is 0 Å². The van der Waals surface area contributed by atoms with Crippen molar-refractivity contribution in [3.8, 4) is 0 Å². The molecule has 0 aromatic carbocycles. The van der Waals surface area contributed by atoms with E-state index in [2.05, 4.69) is 23.7 Å². The third kappa shape index (κ3) is 2.61. The molecule has 2 nitrogen and oxygen atoms in total. The summed E-state index contributed by atoms with van der Waals surface area (Å²) in [6, 6.07) is 0. The molecule has 0 aliphatic carbocycles. The second-order valence-corrected chi connectivity index (χ2v) is 1.59. The molecule has 0 amide bonds. The highest BCUT2D eigenvalue weighted by molar-refractivity contribution is 5.54. The van der Waals surface area contributed by atoms with Gasteiger partial charge in [0.1, 0.15) is 0 Å². The van der Waals surface area contributed by atoms with Crippen LogP contribution in [0.25, 0.3) is 0 Å². The summed E-state index contributed by atoms with van der Waals surface area (Å²) in [6.45, 7) is 6.33. The first kappa shape index (κ1) is 7.47. The topological polar surface area (TPSA) is 15.6 Å². The van der Waals surface area contributed by atoms with Gasteiger partial charge < -0.3 is 4.90 Å². The van der Waals surface area contributed by atoms with Gasteiger partial charge in [-0.3, -0.25) is 4.99 Å². The summed E-state index contributed by atoms with van der Waals surface area (Å²) in [4.78, 5) is 6.02. The van der Waals surface area contributed by atoms with Gasteiger partial charge in [0.2, 0.25) is 0 Å². The van der Waals surface area contributed by atoms with E-state index < -0.39 is 0 Å². The molecule has 0 aliphatic rings. The molecule has 0 saturated carbocycles. The SMILES string of the molecule is CCN(C=NC)CC. The normalized spacial score (nSPS) is 10.4. The van der Waals surface area contributed by atoms with Crippen molar-refractivity contribution in [3.05, 3.63) is 0 Å². The van der Waals surface area contributed by atoms with Gasteiger partial charge in [0.25, 0.3) is 0 Å². The van der Waals surface area contributed by atoms with Crippen molar-refractivity contribution in [2.75, 3.05) is 20.1 Å². The Morgan fingerprint density at radius 2 is 1.88 bits per heavy atom. The summed E-state index contributed by atoms with van der Waals surface area (Å²) in [6.07, 6.45) is 1.86. The van der Waals surface area contributed by atoms with Gasteiger partial charge in [-0.2, -0.15) is 0 Å². The minimum Gasteiger partial charge on any atom is -0.364 e. The molecule has 8 heavy (non-hydrogen) atoms. The van der Waals surface area contributed by atoms with Gasteiger partial charge in [-0.05, 0) is 13.8 Å². The van der Waals surface area contributed by atoms with Gasteiger partial charge in [-0.1, -0.05) is 0 Å². The average molecular weight is 114 g/mol. The standard InChI is InChI=1S/C6H14N2/c1-4-8(5-2)6-7-3/h6H,4-5H2,1-3H3. The maximum absolute atomic E-state index is 3.88. The second-order valence-electron chi connectivity index (χ2n) is 1.59. The Morgan fingerprint density at radius 3 is 2.00 bits per heavy atom. The molecule has 2 heteroatoms. The molecule has 48 valence electrons. The molecule has 0 unspecified atom stereocenters. The highest BCUT2D eigenvalue weighted by Gasteiger charge is 1.86. The van der Waals surface area contributed by atoms with Crippen molar-refractivity contribution in [1.29, 1.82) is 0 Å². The fraction of sp³-hybridized carbons (Fsp3) is 0.833. The molecule has 0 atom stereocenters. The minimum absolute atomic E-state index is 1.05. The van der Waals surface area contributed by atoms with Crippen LogP contribution in [0.1, 0.15) is 13.8 Å². The molecule has 0 radical (unpaired) electrons. The van der Waals surface area contributed by atoms with Gasteiger partial charge in [0.05, 0.1) is 6.34 Å². The molecule has 0 aliphatic heterocycles. The monoisotopic (exact) mass is 114 g/mol. The lowest BCUT2D eigenvalue weighted by atomic mass is 10.6. The Balaban J connectivity index is 3.36. The van der Waals surface area contributed by atoms with Crippen LogP contribution >= 0.6 is 0 Å². The van der Waals surface area contributed by atoms with Crippen LogP contribution < -0.4 is 0 Å². The van der Waals surface area contributed by atoms with Gasteiger partial charge in [0, 0.05) is 20.1 Å². The lowest BCUT2D eigenvalue weighted by Gasteiger charge is -2.12. The predicted octanol–water partition coefficient (Wildman–Crippen LogP) is 0.986. The Bertz CT molecular complexity index is 64.9. The van der Waals surface area contributed by atoms with Gasteiger partial charge in [-0.25, -0.2) is 0 Å². The van der Waals surface area contributed by atoms with Crippen LogP contribution in [0.5, 0.6) is 0 Å². The number of rotatable bonds is 3. The molecule has 0 rings (SSSR count). The third-order valence-corrected chi connectivity index (χ3v) is 1.09. The van der Waals surface area contributed by atoms with E-state index in [0.29, 0.717) is 0 Å². The lowest BCUT2D eigenvalue weighted by molar-refractivity contribution is 0.479. The van der Waals surface area contributed by atoms with E-state index in [-0.39, 0.29) is 0 Å². The van der Waals surface area contributed by atoms with E-state index in [4.69, 9.17) is 0 Å². The minimum atomic E-state index is 1.05. The smallest absolute Gasteiger partial charge is 0.0846 e. The Labute approximate surface area is 51.2 Å². The first-order valence-corrected chi connectivity index (χ1v) is 3.01. The van der Waals surface area contributed by atoms with Crippen molar-refractivity contribution in [3.63, 3.8) is 0 Å². The van der Waals surface area contributed by atoms with Crippen molar-refractivity contribution in [2.24, 2.45) is 4.99 Å². The van der Waals surface area contributed by atoms with E-state index in [1.807, 2.05) is 6.34 Å². The summed E-state index contributed by atoms with van der Waals surface area (Å²) in [5, 5.41) is 0. The van der Waals surface area contributed by atoms with Crippen LogP contribution in [0, 0.1) is 0 Å². The molecule has 0 heterocycles. The van der Waals surface area contributed by atoms with E-state index in [1.165, 1.54) is 0 Å². The largest absolute Gasteiger partial charge is 0.364 e. The molecule has 0 bridgehead atoms. The fourth-order valence-electron chi connectivity index (χ4n) is 0.550. The molecule has 0 spiro atoms. The summed E-state index contributed by atoms with van der Waals surface area (Å²) in [7, 11) is 1.79. The summed E-state index contributed by atoms with van der Waals surface area (Å²) >= 11 is 0. The van der Waals surface area contributed by atoms with Crippen molar-refractivity contribution in [1.82, 2.24) is 4.90 Å². The van der Waals surface area contributed by atoms with Gasteiger partial charge in [0.15, 0.2) is 0 Å². The van der Waals surface area contributed by atoms with E-state index in [0.717, 1.165) is 13.1 Å². The Kier molecular flexibility index (Phi) is 4.32. The van der Waals surface area contributed by atoms with Crippen molar-refractivity contribution >= 4 is 6.34 Å². The highest BCUT2D eigenvalue weighted by Crippen LogP contribution is 1.78. The maximum Gasteiger partial charge on any atom is 0.0846 e. The molecule has 0 saturated heterocycles. The quantitative estimate of drug-likeness (QED) is 0.394. The number of hydrogen-bond acceptors (Lipinski definition) is 1. The zero-order chi connectivity index (χ0) is 6.41.